The van der Waals surface area contributed by atoms with Crippen LogP contribution in [0.15, 0.2) is 24.3 Å². The van der Waals surface area contributed by atoms with Crippen LogP contribution < -0.4 is 10.1 Å². The smallest absolute Gasteiger partial charge is 0.326 e. The van der Waals surface area contributed by atoms with Gasteiger partial charge in [0.05, 0.1) is 0 Å². The number of carbonyl (C=O) groups is 3. The van der Waals surface area contributed by atoms with E-state index in [1.165, 1.54) is 31.2 Å². The predicted molar refractivity (Wildman–Crippen MR) is 104 cm³/mol. The Morgan fingerprint density at radius 2 is 1.70 bits per heavy atom. The van der Waals surface area contributed by atoms with Crippen LogP contribution in [-0.2, 0) is 14.0 Å². The van der Waals surface area contributed by atoms with Gasteiger partial charge in [-0.3, -0.25) is 9.59 Å². The fourth-order valence-corrected chi connectivity index (χ4v) is 3.05. The molecule has 0 heterocycles. The van der Waals surface area contributed by atoms with Crippen LogP contribution in [0.3, 0.4) is 0 Å². The molecular weight excluding hydrogens is 366 g/mol. The second-order valence-corrected chi connectivity index (χ2v) is 12.7. The van der Waals surface area contributed by atoms with Crippen molar-refractivity contribution < 1.29 is 28.7 Å². The first kappa shape index (κ1) is 22.8. The topological polar surface area (TPSA) is 102 Å². The van der Waals surface area contributed by atoms with Gasteiger partial charge in [-0.1, -0.05) is 20.8 Å². The van der Waals surface area contributed by atoms with Crippen LogP contribution in [0.4, 0.5) is 0 Å². The van der Waals surface area contributed by atoms with Gasteiger partial charge in [-0.05, 0) is 42.4 Å². The van der Waals surface area contributed by atoms with Gasteiger partial charge < -0.3 is 19.6 Å². The maximum atomic E-state index is 12.3. The Morgan fingerprint density at radius 3 is 2.15 bits per heavy atom. The van der Waals surface area contributed by atoms with Crippen LogP contribution in [0.25, 0.3) is 0 Å². The second kappa shape index (κ2) is 9.14. The molecule has 1 amide bonds. The standard InChI is InChI=1S/C19H29NO6Si/c1-13(21)26-15-9-7-14(8-10-15)17(22)20-16(18(23)24)11-12-25-27(5,6)19(2,3)4/h7-10,16H,11-12H2,1-6H3,(H,20,22)(H,23,24)/t16-/m0/s1. The molecule has 0 saturated heterocycles. The lowest BCUT2D eigenvalue weighted by Gasteiger charge is -2.36. The molecule has 0 fully saturated rings. The maximum absolute atomic E-state index is 12.3. The van der Waals surface area contributed by atoms with Crippen molar-refractivity contribution in [1.29, 1.82) is 0 Å². The molecule has 0 unspecified atom stereocenters. The number of hydrogen-bond acceptors (Lipinski definition) is 5. The number of carbonyl (C=O) groups excluding carboxylic acids is 2. The van der Waals surface area contributed by atoms with E-state index in [0.29, 0.717) is 5.75 Å². The predicted octanol–water partition coefficient (Wildman–Crippen LogP) is 3.21. The molecule has 0 aliphatic rings. The van der Waals surface area contributed by atoms with Crippen LogP contribution in [-0.4, -0.2) is 43.9 Å². The van der Waals surface area contributed by atoms with Gasteiger partial charge in [-0.25, -0.2) is 4.79 Å². The van der Waals surface area contributed by atoms with E-state index in [9.17, 15) is 19.5 Å². The number of carboxylic acid groups (broad SMARTS) is 1. The van der Waals surface area contributed by atoms with E-state index in [0.717, 1.165) is 0 Å². The van der Waals surface area contributed by atoms with Crippen molar-refractivity contribution in [1.82, 2.24) is 5.32 Å². The number of ether oxygens (including phenoxy) is 1. The van der Waals surface area contributed by atoms with Crippen molar-refractivity contribution in [3.05, 3.63) is 29.8 Å². The van der Waals surface area contributed by atoms with Gasteiger partial charge in [0.2, 0.25) is 0 Å². The molecule has 1 atom stereocenters. The minimum atomic E-state index is -1.98. The van der Waals surface area contributed by atoms with Crippen LogP contribution in [0.2, 0.25) is 18.1 Å². The van der Waals surface area contributed by atoms with Crippen molar-refractivity contribution in [3.8, 4) is 5.75 Å². The van der Waals surface area contributed by atoms with Gasteiger partial charge in [0, 0.05) is 25.5 Å². The molecule has 1 aromatic carbocycles. The third-order valence-electron chi connectivity index (χ3n) is 4.66. The summed E-state index contributed by atoms with van der Waals surface area (Å²) in [4.78, 5) is 34.7. The van der Waals surface area contributed by atoms with Gasteiger partial charge in [0.25, 0.3) is 5.91 Å². The monoisotopic (exact) mass is 395 g/mol. The molecule has 2 N–H and O–H groups in total. The van der Waals surface area contributed by atoms with Gasteiger partial charge in [-0.15, -0.1) is 0 Å². The first-order valence-electron chi connectivity index (χ1n) is 8.79. The van der Waals surface area contributed by atoms with Crippen molar-refractivity contribution in [2.24, 2.45) is 0 Å². The minimum Gasteiger partial charge on any atom is -0.480 e. The first-order valence-corrected chi connectivity index (χ1v) is 11.7. The zero-order chi connectivity index (χ0) is 20.8. The molecule has 1 rings (SSSR count). The Balaban J connectivity index is 2.67. The van der Waals surface area contributed by atoms with Crippen LogP contribution in [0, 0.1) is 0 Å². The quantitative estimate of drug-likeness (QED) is 0.398. The van der Waals surface area contributed by atoms with Crippen molar-refractivity contribution in [2.45, 2.75) is 58.3 Å². The molecule has 27 heavy (non-hydrogen) atoms. The number of carboxylic acids is 1. The summed E-state index contributed by atoms with van der Waals surface area (Å²) >= 11 is 0. The lowest BCUT2D eigenvalue weighted by Crippen LogP contribution is -2.44. The van der Waals surface area contributed by atoms with E-state index >= 15 is 0 Å². The highest BCUT2D eigenvalue weighted by Crippen LogP contribution is 2.36. The molecule has 0 aliphatic heterocycles. The van der Waals surface area contributed by atoms with Crippen LogP contribution >= 0.6 is 0 Å². The Bertz CT molecular complexity index is 678. The highest BCUT2D eigenvalue weighted by atomic mass is 28.4. The fraction of sp³-hybridized carbons (Fsp3) is 0.526. The SMILES string of the molecule is CC(=O)Oc1ccc(C(=O)N[C@@H](CCO[Si](C)(C)C(C)(C)C)C(=O)O)cc1. The summed E-state index contributed by atoms with van der Waals surface area (Å²) in [7, 11) is -1.98. The average Bonchev–Trinajstić information content (AvgIpc) is 2.52. The molecule has 0 radical (unpaired) electrons. The molecular formula is C19H29NO6Si. The summed E-state index contributed by atoms with van der Waals surface area (Å²) in [6, 6.07) is 4.85. The van der Waals surface area contributed by atoms with Crippen molar-refractivity contribution in [3.63, 3.8) is 0 Å². The van der Waals surface area contributed by atoms with Crippen molar-refractivity contribution in [2.75, 3.05) is 6.61 Å². The summed E-state index contributed by atoms with van der Waals surface area (Å²) in [5.41, 5.74) is 0.280. The lowest BCUT2D eigenvalue weighted by atomic mass is 10.1. The third-order valence-corrected chi connectivity index (χ3v) is 9.20. The molecule has 8 heteroatoms. The van der Waals surface area contributed by atoms with E-state index in [1.807, 2.05) is 0 Å². The molecule has 1 aromatic rings. The summed E-state index contributed by atoms with van der Waals surface area (Å²) in [6.07, 6.45) is 0.180. The molecule has 150 valence electrons. The number of hydrogen-bond donors (Lipinski definition) is 2. The largest absolute Gasteiger partial charge is 0.480 e. The zero-order valence-electron chi connectivity index (χ0n) is 16.8. The molecule has 0 bridgehead atoms. The molecule has 0 aromatic heterocycles. The van der Waals surface area contributed by atoms with Crippen molar-refractivity contribution >= 4 is 26.2 Å². The molecule has 0 saturated carbocycles. The third kappa shape index (κ3) is 7.14. The van der Waals surface area contributed by atoms with Gasteiger partial charge in [0.1, 0.15) is 11.8 Å². The number of amides is 1. The zero-order valence-corrected chi connectivity index (χ0v) is 17.8. The summed E-state index contributed by atoms with van der Waals surface area (Å²) < 4.78 is 10.9. The highest BCUT2D eigenvalue weighted by Gasteiger charge is 2.37. The number of aliphatic carboxylic acids is 1. The highest BCUT2D eigenvalue weighted by molar-refractivity contribution is 6.74. The van der Waals surface area contributed by atoms with E-state index in [-0.39, 0.29) is 23.6 Å². The maximum Gasteiger partial charge on any atom is 0.326 e. The Morgan fingerprint density at radius 1 is 1.15 bits per heavy atom. The van der Waals surface area contributed by atoms with E-state index in [4.69, 9.17) is 9.16 Å². The van der Waals surface area contributed by atoms with Gasteiger partial charge >= 0.3 is 11.9 Å². The molecule has 0 spiro atoms. The van der Waals surface area contributed by atoms with E-state index in [2.05, 4.69) is 39.2 Å². The number of esters is 1. The fourth-order valence-electron chi connectivity index (χ4n) is 1.99. The van der Waals surface area contributed by atoms with Gasteiger partial charge in [-0.2, -0.15) is 0 Å². The Labute approximate surface area is 161 Å². The van der Waals surface area contributed by atoms with E-state index < -0.39 is 32.2 Å². The number of rotatable bonds is 8. The lowest BCUT2D eigenvalue weighted by molar-refractivity contribution is -0.139. The van der Waals surface area contributed by atoms with Crippen LogP contribution in [0.5, 0.6) is 5.75 Å². The second-order valence-electron chi connectivity index (χ2n) is 7.88. The average molecular weight is 396 g/mol. The first-order chi connectivity index (χ1) is 12.3. The molecule has 0 aliphatic carbocycles. The summed E-state index contributed by atoms with van der Waals surface area (Å²) in [5.74, 6) is -1.76. The Hall–Kier alpha value is -2.19. The van der Waals surface area contributed by atoms with Crippen LogP contribution in [0.1, 0.15) is 44.5 Å². The van der Waals surface area contributed by atoms with Gasteiger partial charge in [0.15, 0.2) is 8.32 Å². The Kier molecular flexibility index (Phi) is 7.73. The van der Waals surface area contributed by atoms with E-state index in [1.54, 1.807) is 0 Å². The summed E-state index contributed by atoms with van der Waals surface area (Å²) in [5, 5.41) is 11.9. The number of nitrogens with one attached hydrogen (secondary N) is 1. The minimum absolute atomic E-state index is 0.0264. The molecule has 7 nitrogen and oxygen atoms in total. The summed E-state index contributed by atoms with van der Waals surface area (Å²) in [6.45, 7) is 12.0. The number of benzene rings is 1. The normalized spacial score (nSPS) is 13.0.